The molecule has 0 unspecified atom stereocenters. The maximum absolute atomic E-state index is 10.9. The summed E-state index contributed by atoms with van der Waals surface area (Å²) in [6, 6.07) is 5.44. The second-order valence-electron chi connectivity index (χ2n) is 4.38. The topological polar surface area (TPSA) is 70.4 Å². The van der Waals surface area contributed by atoms with Crippen LogP contribution in [0.4, 0.5) is 0 Å². The fourth-order valence-electron chi connectivity index (χ4n) is 2.28. The SMILES string of the molecule is O=C(O)CC1(c2cccc(CO)n2)CCC1. The summed E-state index contributed by atoms with van der Waals surface area (Å²) >= 11 is 0. The van der Waals surface area contributed by atoms with Gasteiger partial charge < -0.3 is 10.2 Å². The summed E-state index contributed by atoms with van der Waals surface area (Å²) in [5, 5.41) is 17.9. The molecule has 0 aliphatic heterocycles. The maximum Gasteiger partial charge on any atom is 0.304 e. The number of aliphatic hydroxyl groups is 1. The molecule has 86 valence electrons. The molecule has 2 rings (SSSR count). The van der Waals surface area contributed by atoms with Crippen molar-refractivity contribution >= 4 is 5.97 Å². The van der Waals surface area contributed by atoms with Gasteiger partial charge in [-0.15, -0.1) is 0 Å². The van der Waals surface area contributed by atoms with E-state index in [0.29, 0.717) is 5.69 Å². The van der Waals surface area contributed by atoms with Crippen molar-refractivity contribution in [1.29, 1.82) is 0 Å². The fourth-order valence-corrected chi connectivity index (χ4v) is 2.28. The van der Waals surface area contributed by atoms with E-state index >= 15 is 0 Å². The first-order valence-corrected chi connectivity index (χ1v) is 5.45. The highest BCUT2D eigenvalue weighted by molar-refractivity contribution is 5.69. The van der Waals surface area contributed by atoms with Gasteiger partial charge in [0.25, 0.3) is 0 Å². The Balaban J connectivity index is 2.29. The van der Waals surface area contributed by atoms with E-state index in [1.54, 1.807) is 6.07 Å². The molecule has 16 heavy (non-hydrogen) atoms. The van der Waals surface area contributed by atoms with E-state index in [2.05, 4.69) is 4.98 Å². The third kappa shape index (κ3) is 1.93. The zero-order valence-electron chi connectivity index (χ0n) is 9.02. The standard InChI is InChI=1S/C12H15NO3/c14-8-9-3-1-4-10(13-9)12(5-2-6-12)7-11(15)16/h1,3-4,14H,2,5-8H2,(H,15,16). The minimum Gasteiger partial charge on any atom is -0.481 e. The third-order valence-electron chi connectivity index (χ3n) is 3.31. The van der Waals surface area contributed by atoms with Crippen molar-refractivity contribution in [2.75, 3.05) is 0 Å². The lowest BCUT2D eigenvalue weighted by Gasteiger charge is -2.40. The second-order valence-corrected chi connectivity index (χ2v) is 4.38. The Hall–Kier alpha value is -1.42. The Morgan fingerprint density at radius 3 is 2.69 bits per heavy atom. The average molecular weight is 221 g/mol. The van der Waals surface area contributed by atoms with Crippen LogP contribution >= 0.6 is 0 Å². The predicted molar refractivity (Wildman–Crippen MR) is 57.9 cm³/mol. The van der Waals surface area contributed by atoms with Gasteiger partial charge in [0.2, 0.25) is 0 Å². The second kappa shape index (κ2) is 4.22. The minimum absolute atomic E-state index is 0.100. The number of nitrogens with zero attached hydrogens (tertiary/aromatic N) is 1. The third-order valence-corrected chi connectivity index (χ3v) is 3.31. The molecule has 1 aliphatic rings. The van der Waals surface area contributed by atoms with Gasteiger partial charge in [-0.25, -0.2) is 0 Å². The zero-order chi connectivity index (χ0) is 11.6. The highest BCUT2D eigenvalue weighted by Gasteiger charge is 2.41. The number of carbonyl (C=O) groups is 1. The molecule has 2 N–H and O–H groups in total. The maximum atomic E-state index is 10.9. The molecule has 1 aromatic heterocycles. The number of carboxylic acid groups (broad SMARTS) is 1. The van der Waals surface area contributed by atoms with Gasteiger partial charge >= 0.3 is 5.97 Å². The summed E-state index contributed by atoms with van der Waals surface area (Å²) < 4.78 is 0. The molecule has 0 aromatic carbocycles. The summed E-state index contributed by atoms with van der Waals surface area (Å²) in [6.45, 7) is -0.100. The summed E-state index contributed by atoms with van der Waals surface area (Å²) in [6.07, 6.45) is 2.94. The molecule has 0 radical (unpaired) electrons. The molecule has 1 heterocycles. The average Bonchev–Trinajstić information content (AvgIpc) is 2.23. The van der Waals surface area contributed by atoms with Gasteiger partial charge in [0, 0.05) is 11.1 Å². The quantitative estimate of drug-likeness (QED) is 0.807. The molecule has 4 nitrogen and oxygen atoms in total. The number of carboxylic acids is 1. The van der Waals surface area contributed by atoms with Crippen LogP contribution in [0.3, 0.4) is 0 Å². The number of rotatable bonds is 4. The highest BCUT2D eigenvalue weighted by atomic mass is 16.4. The van der Waals surface area contributed by atoms with E-state index in [1.807, 2.05) is 12.1 Å². The normalized spacial score (nSPS) is 17.8. The number of aliphatic carboxylic acids is 1. The van der Waals surface area contributed by atoms with Crippen molar-refractivity contribution in [2.24, 2.45) is 0 Å². The van der Waals surface area contributed by atoms with Gasteiger partial charge in [-0.1, -0.05) is 12.5 Å². The molecule has 1 saturated carbocycles. The minimum atomic E-state index is -0.782. The Bertz CT molecular complexity index is 399. The number of aliphatic hydroxyl groups excluding tert-OH is 1. The lowest BCUT2D eigenvalue weighted by atomic mass is 9.64. The van der Waals surface area contributed by atoms with Crippen LogP contribution in [-0.2, 0) is 16.8 Å². The molecule has 0 amide bonds. The molecular weight excluding hydrogens is 206 g/mol. The van der Waals surface area contributed by atoms with E-state index in [9.17, 15) is 4.79 Å². The summed E-state index contributed by atoms with van der Waals surface area (Å²) in [7, 11) is 0. The molecule has 0 atom stereocenters. The van der Waals surface area contributed by atoms with E-state index in [-0.39, 0.29) is 18.4 Å². The van der Waals surface area contributed by atoms with Crippen LogP contribution in [-0.4, -0.2) is 21.2 Å². The lowest BCUT2D eigenvalue weighted by Crippen LogP contribution is -2.37. The van der Waals surface area contributed by atoms with Gasteiger partial charge in [-0.3, -0.25) is 9.78 Å². The number of hydrogen-bond donors (Lipinski definition) is 2. The van der Waals surface area contributed by atoms with E-state index < -0.39 is 5.97 Å². The lowest BCUT2D eigenvalue weighted by molar-refractivity contribution is -0.139. The first-order valence-electron chi connectivity index (χ1n) is 5.45. The Morgan fingerprint density at radius 1 is 1.44 bits per heavy atom. The molecule has 4 heteroatoms. The van der Waals surface area contributed by atoms with Crippen LogP contribution < -0.4 is 0 Å². The molecule has 0 bridgehead atoms. The van der Waals surface area contributed by atoms with Gasteiger partial charge in [-0.05, 0) is 25.0 Å². The molecule has 1 aromatic rings. The van der Waals surface area contributed by atoms with Crippen LogP contribution in [0.15, 0.2) is 18.2 Å². The van der Waals surface area contributed by atoms with Crippen molar-refractivity contribution in [3.63, 3.8) is 0 Å². The smallest absolute Gasteiger partial charge is 0.304 e. The van der Waals surface area contributed by atoms with Crippen molar-refractivity contribution in [1.82, 2.24) is 4.98 Å². The monoisotopic (exact) mass is 221 g/mol. The molecular formula is C12H15NO3. The van der Waals surface area contributed by atoms with Gasteiger partial charge in [0.15, 0.2) is 0 Å². The molecule has 1 fully saturated rings. The molecule has 0 spiro atoms. The van der Waals surface area contributed by atoms with Crippen LogP contribution in [0.1, 0.15) is 37.1 Å². The van der Waals surface area contributed by atoms with Gasteiger partial charge in [0.1, 0.15) is 0 Å². The van der Waals surface area contributed by atoms with E-state index in [0.717, 1.165) is 25.0 Å². The van der Waals surface area contributed by atoms with E-state index in [4.69, 9.17) is 10.2 Å². The molecule has 1 aliphatic carbocycles. The van der Waals surface area contributed by atoms with Crippen molar-refractivity contribution in [3.05, 3.63) is 29.6 Å². The van der Waals surface area contributed by atoms with Crippen molar-refractivity contribution < 1.29 is 15.0 Å². The zero-order valence-corrected chi connectivity index (χ0v) is 9.02. The van der Waals surface area contributed by atoms with Crippen molar-refractivity contribution in [3.8, 4) is 0 Å². The molecule has 0 saturated heterocycles. The van der Waals surface area contributed by atoms with Crippen LogP contribution in [0, 0.1) is 0 Å². The van der Waals surface area contributed by atoms with Gasteiger partial charge in [0.05, 0.1) is 18.7 Å². The fraction of sp³-hybridized carbons (Fsp3) is 0.500. The Morgan fingerprint density at radius 2 is 2.19 bits per heavy atom. The summed E-state index contributed by atoms with van der Waals surface area (Å²) in [5.74, 6) is -0.782. The first-order chi connectivity index (χ1) is 7.66. The first kappa shape index (κ1) is 11.1. The largest absolute Gasteiger partial charge is 0.481 e. The van der Waals surface area contributed by atoms with E-state index in [1.165, 1.54) is 0 Å². The van der Waals surface area contributed by atoms with Crippen molar-refractivity contribution in [2.45, 2.75) is 37.7 Å². The Kier molecular flexibility index (Phi) is 2.92. The predicted octanol–water partition coefficient (Wildman–Crippen LogP) is 1.47. The van der Waals surface area contributed by atoms with Crippen LogP contribution in [0.2, 0.25) is 0 Å². The number of pyridine rings is 1. The van der Waals surface area contributed by atoms with Crippen LogP contribution in [0.25, 0.3) is 0 Å². The van der Waals surface area contributed by atoms with Crippen LogP contribution in [0.5, 0.6) is 0 Å². The van der Waals surface area contributed by atoms with Gasteiger partial charge in [-0.2, -0.15) is 0 Å². The summed E-state index contributed by atoms with van der Waals surface area (Å²) in [5.41, 5.74) is 1.12. The number of hydrogen-bond acceptors (Lipinski definition) is 3. The Labute approximate surface area is 93.9 Å². The highest BCUT2D eigenvalue weighted by Crippen LogP contribution is 2.45. The number of aromatic nitrogens is 1. The summed E-state index contributed by atoms with van der Waals surface area (Å²) in [4.78, 5) is 15.2.